The summed E-state index contributed by atoms with van der Waals surface area (Å²) in [6, 6.07) is 0.997. The topological polar surface area (TPSA) is 46.0 Å². The highest BCUT2D eigenvalue weighted by Gasteiger charge is 2.12. The SMILES string of the molecule is Oc1c(Cl)cc(F)c2cnc(Cl)nc12. The molecule has 1 aromatic heterocycles. The summed E-state index contributed by atoms with van der Waals surface area (Å²) in [5.74, 6) is -0.896. The molecule has 3 nitrogen and oxygen atoms in total. The third kappa shape index (κ3) is 1.36. The van der Waals surface area contributed by atoms with E-state index in [1.165, 1.54) is 6.20 Å². The van der Waals surface area contributed by atoms with E-state index in [1.807, 2.05) is 0 Å². The van der Waals surface area contributed by atoms with Gasteiger partial charge in [0.2, 0.25) is 5.28 Å². The molecule has 0 spiro atoms. The van der Waals surface area contributed by atoms with Crippen LogP contribution in [0.25, 0.3) is 10.9 Å². The van der Waals surface area contributed by atoms with Crippen LogP contribution in [0.5, 0.6) is 5.75 Å². The predicted octanol–water partition coefficient (Wildman–Crippen LogP) is 2.78. The Morgan fingerprint density at radius 2 is 2.07 bits per heavy atom. The lowest BCUT2D eigenvalue weighted by Gasteiger charge is -2.02. The van der Waals surface area contributed by atoms with Gasteiger partial charge in [-0.2, -0.15) is 0 Å². The van der Waals surface area contributed by atoms with Gasteiger partial charge in [0.1, 0.15) is 11.3 Å². The molecule has 1 aromatic carbocycles. The number of aromatic nitrogens is 2. The van der Waals surface area contributed by atoms with E-state index in [-0.39, 0.29) is 27.0 Å². The lowest BCUT2D eigenvalue weighted by molar-refractivity contribution is 0.479. The fourth-order valence-corrected chi connectivity index (χ4v) is 1.40. The van der Waals surface area contributed by atoms with Crippen LogP contribution in [-0.2, 0) is 0 Å². The third-order valence-corrected chi connectivity index (χ3v) is 2.19. The van der Waals surface area contributed by atoms with Crippen LogP contribution in [0, 0.1) is 5.82 Å². The number of rotatable bonds is 0. The van der Waals surface area contributed by atoms with Crippen LogP contribution in [0.1, 0.15) is 0 Å². The quantitative estimate of drug-likeness (QED) is 0.711. The van der Waals surface area contributed by atoms with Gasteiger partial charge in [-0.1, -0.05) is 11.6 Å². The van der Waals surface area contributed by atoms with E-state index in [0.29, 0.717) is 0 Å². The first-order chi connectivity index (χ1) is 6.59. The average Bonchev–Trinajstić information content (AvgIpc) is 2.14. The summed E-state index contributed by atoms with van der Waals surface area (Å²) in [5, 5.41) is 9.36. The predicted molar refractivity (Wildman–Crippen MR) is 51.2 cm³/mol. The maximum absolute atomic E-state index is 13.2. The van der Waals surface area contributed by atoms with E-state index in [0.717, 1.165) is 6.07 Å². The zero-order chi connectivity index (χ0) is 10.3. The molecule has 72 valence electrons. The standard InChI is InChI=1S/C8H3Cl2FN2O/c9-4-1-5(11)3-2-12-8(10)13-6(3)7(4)14/h1-2,14H. The highest BCUT2D eigenvalue weighted by molar-refractivity contribution is 6.33. The number of halogens is 3. The summed E-state index contributed by atoms with van der Waals surface area (Å²) in [7, 11) is 0. The molecule has 0 saturated heterocycles. The number of nitrogens with zero attached hydrogens (tertiary/aromatic N) is 2. The van der Waals surface area contributed by atoms with Crippen LogP contribution in [0.2, 0.25) is 10.3 Å². The largest absolute Gasteiger partial charge is 0.504 e. The smallest absolute Gasteiger partial charge is 0.223 e. The van der Waals surface area contributed by atoms with E-state index < -0.39 is 5.82 Å². The van der Waals surface area contributed by atoms with Crippen molar-refractivity contribution in [2.45, 2.75) is 0 Å². The second-order valence-corrected chi connectivity index (χ2v) is 3.34. The Morgan fingerprint density at radius 3 is 2.79 bits per heavy atom. The maximum atomic E-state index is 13.2. The normalized spacial score (nSPS) is 10.8. The molecule has 0 saturated carbocycles. The number of fused-ring (bicyclic) bond motifs is 1. The molecule has 1 heterocycles. The molecule has 0 bridgehead atoms. The van der Waals surface area contributed by atoms with Gasteiger partial charge in [0.15, 0.2) is 5.75 Å². The first-order valence-corrected chi connectivity index (χ1v) is 4.34. The van der Waals surface area contributed by atoms with Crippen LogP contribution >= 0.6 is 23.2 Å². The van der Waals surface area contributed by atoms with E-state index in [4.69, 9.17) is 23.2 Å². The van der Waals surface area contributed by atoms with Crippen molar-refractivity contribution < 1.29 is 9.50 Å². The van der Waals surface area contributed by atoms with Gasteiger partial charge >= 0.3 is 0 Å². The Bertz CT molecular complexity index is 518. The van der Waals surface area contributed by atoms with Crippen molar-refractivity contribution in [1.82, 2.24) is 9.97 Å². The van der Waals surface area contributed by atoms with Gasteiger partial charge in [0.25, 0.3) is 0 Å². The Kier molecular flexibility index (Phi) is 2.17. The van der Waals surface area contributed by atoms with Gasteiger partial charge in [0, 0.05) is 6.20 Å². The van der Waals surface area contributed by atoms with E-state index in [2.05, 4.69) is 9.97 Å². The first-order valence-electron chi connectivity index (χ1n) is 3.59. The van der Waals surface area contributed by atoms with Crippen molar-refractivity contribution >= 4 is 34.1 Å². The molecule has 0 aliphatic carbocycles. The van der Waals surface area contributed by atoms with Crippen molar-refractivity contribution in [2.75, 3.05) is 0 Å². The van der Waals surface area contributed by atoms with Gasteiger partial charge in [-0.05, 0) is 17.7 Å². The zero-order valence-corrected chi connectivity index (χ0v) is 8.14. The minimum absolute atomic E-state index is 0.00926. The summed E-state index contributed by atoms with van der Waals surface area (Å²) in [6.07, 6.45) is 1.19. The molecular formula is C8H3Cl2FN2O. The highest BCUT2D eigenvalue weighted by atomic mass is 35.5. The van der Waals surface area contributed by atoms with Crippen LogP contribution in [-0.4, -0.2) is 15.1 Å². The number of hydrogen-bond acceptors (Lipinski definition) is 3. The third-order valence-electron chi connectivity index (χ3n) is 1.72. The molecule has 0 aliphatic rings. The molecule has 0 amide bonds. The van der Waals surface area contributed by atoms with Crippen molar-refractivity contribution in [1.29, 1.82) is 0 Å². The molecule has 0 aliphatic heterocycles. The van der Waals surface area contributed by atoms with Crippen LogP contribution in [0.3, 0.4) is 0 Å². The monoisotopic (exact) mass is 232 g/mol. The molecule has 0 radical (unpaired) electrons. The van der Waals surface area contributed by atoms with Gasteiger partial charge < -0.3 is 5.11 Å². The lowest BCUT2D eigenvalue weighted by Crippen LogP contribution is -1.88. The van der Waals surface area contributed by atoms with Gasteiger partial charge in [-0.3, -0.25) is 0 Å². The molecule has 0 unspecified atom stereocenters. The molecule has 1 N–H and O–H groups in total. The summed E-state index contributed by atoms with van der Waals surface area (Å²) in [4.78, 5) is 7.28. The second kappa shape index (κ2) is 3.22. The lowest BCUT2D eigenvalue weighted by atomic mass is 10.2. The minimum Gasteiger partial charge on any atom is -0.504 e. The second-order valence-electron chi connectivity index (χ2n) is 2.59. The maximum Gasteiger partial charge on any atom is 0.223 e. The van der Waals surface area contributed by atoms with Crippen LogP contribution in [0.15, 0.2) is 12.3 Å². The summed E-state index contributed by atoms with van der Waals surface area (Å²) >= 11 is 11.0. The Hall–Kier alpha value is -1.13. The first kappa shape index (κ1) is 9.43. The molecule has 2 rings (SSSR count). The molecule has 0 atom stereocenters. The zero-order valence-electron chi connectivity index (χ0n) is 6.63. The van der Waals surface area contributed by atoms with Crippen molar-refractivity contribution in [3.05, 3.63) is 28.4 Å². The van der Waals surface area contributed by atoms with Crippen LogP contribution < -0.4 is 0 Å². The summed E-state index contributed by atoms with van der Waals surface area (Å²) in [5.41, 5.74) is 0.00926. The molecule has 6 heteroatoms. The fourth-order valence-electron chi connectivity index (χ4n) is 1.09. The minimum atomic E-state index is -0.598. The Morgan fingerprint density at radius 1 is 1.36 bits per heavy atom. The number of hydrogen-bond donors (Lipinski definition) is 1. The molecule has 14 heavy (non-hydrogen) atoms. The van der Waals surface area contributed by atoms with E-state index in [1.54, 1.807) is 0 Å². The van der Waals surface area contributed by atoms with Gasteiger partial charge in [0.05, 0.1) is 10.4 Å². The number of phenolic OH excluding ortho intramolecular Hbond substituents is 1. The van der Waals surface area contributed by atoms with Crippen LogP contribution in [0.4, 0.5) is 4.39 Å². The van der Waals surface area contributed by atoms with Gasteiger partial charge in [-0.15, -0.1) is 0 Å². The number of benzene rings is 1. The van der Waals surface area contributed by atoms with Crippen molar-refractivity contribution in [3.63, 3.8) is 0 Å². The van der Waals surface area contributed by atoms with E-state index >= 15 is 0 Å². The van der Waals surface area contributed by atoms with Crippen molar-refractivity contribution in [3.8, 4) is 5.75 Å². The Labute approximate surface area is 88.1 Å². The molecular weight excluding hydrogens is 230 g/mol. The Balaban J connectivity index is 2.95. The van der Waals surface area contributed by atoms with Crippen molar-refractivity contribution in [2.24, 2.45) is 0 Å². The number of aromatic hydroxyl groups is 1. The summed E-state index contributed by atoms with van der Waals surface area (Å²) < 4.78 is 13.2. The summed E-state index contributed by atoms with van der Waals surface area (Å²) in [6.45, 7) is 0. The average molecular weight is 233 g/mol. The van der Waals surface area contributed by atoms with Gasteiger partial charge in [-0.25, -0.2) is 14.4 Å². The van der Waals surface area contributed by atoms with E-state index in [9.17, 15) is 9.50 Å². The number of phenols is 1. The molecule has 2 aromatic rings. The highest BCUT2D eigenvalue weighted by Crippen LogP contribution is 2.32. The molecule has 0 fully saturated rings. The fraction of sp³-hybridized carbons (Fsp3) is 0.